The molecule has 0 atom stereocenters. The number of fused-ring (bicyclic) bond motifs is 1. The number of benzene rings is 2. The van der Waals surface area contributed by atoms with Gasteiger partial charge in [-0.1, -0.05) is 17.4 Å². The van der Waals surface area contributed by atoms with Crippen LogP contribution in [0.15, 0.2) is 46.9 Å². The maximum Gasteiger partial charge on any atom is 0.250 e. The predicted molar refractivity (Wildman–Crippen MR) is 109 cm³/mol. The number of methoxy groups -OCH3 is 1. The summed E-state index contributed by atoms with van der Waals surface area (Å²) in [5.74, 6) is 1.31. The summed E-state index contributed by atoms with van der Waals surface area (Å²) in [4.78, 5) is 16.6. The summed E-state index contributed by atoms with van der Waals surface area (Å²) in [6.45, 7) is 2.55. The number of anilines is 1. The van der Waals surface area contributed by atoms with Gasteiger partial charge >= 0.3 is 0 Å². The molecule has 134 valence electrons. The fraction of sp³-hybridized carbons (Fsp3) is 0.158. The van der Waals surface area contributed by atoms with E-state index in [1.54, 1.807) is 13.2 Å². The van der Waals surface area contributed by atoms with Gasteiger partial charge in [0.15, 0.2) is 5.13 Å². The Morgan fingerprint density at radius 2 is 2.15 bits per heavy atom. The van der Waals surface area contributed by atoms with Crippen molar-refractivity contribution in [3.8, 4) is 11.5 Å². The van der Waals surface area contributed by atoms with Gasteiger partial charge in [0.1, 0.15) is 11.5 Å². The van der Waals surface area contributed by atoms with E-state index in [0.29, 0.717) is 11.7 Å². The summed E-state index contributed by atoms with van der Waals surface area (Å²) in [6, 6.07) is 11.3. The van der Waals surface area contributed by atoms with E-state index < -0.39 is 0 Å². The molecule has 5 nitrogen and oxygen atoms in total. The van der Waals surface area contributed by atoms with Crippen molar-refractivity contribution in [2.75, 3.05) is 19.0 Å². The second-order valence-electron chi connectivity index (χ2n) is 5.30. The van der Waals surface area contributed by atoms with E-state index in [0.717, 1.165) is 31.8 Å². The summed E-state index contributed by atoms with van der Waals surface area (Å²) in [5.41, 5.74) is 1.72. The molecule has 0 bridgehead atoms. The monoisotopic (exact) mass is 432 g/mol. The molecule has 0 radical (unpaired) electrons. The Kier molecular flexibility index (Phi) is 5.90. The molecule has 1 heterocycles. The van der Waals surface area contributed by atoms with E-state index in [9.17, 15) is 4.79 Å². The molecular formula is C19H17BrN2O3S. The molecular weight excluding hydrogens is 416 g/mol. The van der Waals surface area contributed by atoms with Gasteiger partial charge in [-0.15, -0.1) is 0 Å². The molecule has 0 unspecified atom stereocenters. The van der Waals surface area contributed by atoms with Crippen molar-refractivity contribution in [3.05, 3.63) is 52.5 Å². The van der Waals surface area contributed by atoms with Crippen LogP contribution in [0.3, 0.4) is 0 Å². The first-order valence-corrected chi connectivity index (χ1v) is 9.56. The van der Waals surface area contributed by atoms with Crippen LogP contribution in [-0.4, -0.2) is 24.6 Å². The molecule has 0 aliphatic heterocycles. The average molecular weight is 433 g/mol. The molecule has 0 saturated heterocycles. The van der Waals surface area contributed by atoms with Gasteiger partial charge in [0.05, 0.1) is 28.4 Å². The number of rotatable bonds is 6. The Bertz CT molecular complexity index is 969. The first-order valence-electron chi connectivity index (χ1n) is 7.95. The number of nitrogens with zero attached hydrogens (tertiary/aromatic N) is 1. The number of hydrogen-bond donors (Lipinski definition) is 1. The van der Waals surface area contributed by atoms with Crippen molar-refractivity contribution in [1.29, 1.82) is 0 Å². The van der Waals surface area contributed by atoms with E-state index in [2.05, 4.69) is 26.2 Å². The van der Waals surface area contributed by atoms with Crippen LogP contribution in [0.2, 0.25) is 0 Å². The van der Waals surface area contributed by atoms with E-state index in [1.807, 2.05) is 43.3 Å². The first-order chi connectivity index (χ1) is 12.6. The summed E-state index contributed by atoms with van der Waals surface area (Å²) in [6.07, 6.45) is 3.21. The molecule has 0 aliphatic carbocycles. The summed E-state index contributed by atoms with van der Waals surface area (Å²) in [7, 11) is 1.61. The summed E-state index contributed by atoms with van der Waals surface area (Å²) < 4.78 is 12.5. The maximum absolute atomic E-state index is 12.1. The van der Waals surface area contributed by atoms with Crippen LogP contribution >= 0.6 is 27.3 Å². The minimum Gasteiger partial charge on any atom is -0.496 e. The molecule has 1 amide bonds. The summed E-state index contributed by atoms with van der Waals surface area (Å²) in [5, 5.41) is 3.35. The molecule has 0 fully saturated rings. The maximum atomic E-state index is 12.1. The summed E-state index contributed by atoms with van der Waals surface area (Å²) >= 11 is 4.84. The zero-order valence-corrected chi connectivity index (χ0v) is 16.7. The van der Waals surface area contributed by atoms with E-state index in [-0.39, 0.29) is 5.91 Å². The highest BCUT2D eigenvalue weighted by atomic mass is 79.9. The number of nitrogens with one attached hydrogen (secondary N) is 1. The molecule has 0 spiro atoms. The van der Waals surface area contributed by atoms with Crippen LogP contribution in [0.25, 0.3) is 16.3 Å². The van der Waals surface area contributed by atoms with Crippen molar-refractivity contribution < 1.29 is 14.3 Å². The van der Waals surface area contributed by atoms with Crippen molar-refractivity contribution >= 4 is 54.6 Å². The predicted octanol–water partition coefficient (Wildman–Crippen LogP) is 5.12. The molecule has 0 saturated carbocycles. The van der Waals surface area contributed by atoms with Crippen LogP contribution in [0, 0.1) is 0 Å². The normalized spacial score (nSPS) is 11.0. The number of ether oxygens (including phenoxy) is 2. The van der Waals surface area contributed by atoms with Crippen molar-refractivity contribution in [3.63, 3.8) is 0 Å². The lowest BCUT2D eigenvalue weighted by molar-refractivity contribution is -0.111. The van der Waals surface area contributed by atoms with Crippen LogP contribution in [0.1, 0.15) is 12.5 Å². The second-order valence-corrected chi connectivity index (χ2v) is 7.18. The number of aromatic nitrogens is 1. The third-order valence-electron chi connectivity index (χ3n) is 3.50. The van der Waals surface area contributed by atoms with Crippen LogP contribution in [0.5, 0.6) is 11.5 Å². The molecule has 3 rings (SSSR count). The number of thiazole rings is 1. The van der Waals surface area contributed by atoms with Gasteiger partial charge in [0.2, 0.25) is 5.91 Å². The number of hydrogen-bond acceptors (Lipinski definition) is 5. The molecule has 2 aromatic carbocycles. The topological polar surface area (TPSA) is 60.5 Å². The van der Waals surface area contributed by atoms with Gasteiger partial charge in [0.25, 0.3) is 0 Å². The highest BCUT2D eigenvalue weighted by molar-refractivity contribution is 9.10. The van der Waals surface area contributed by atoms with Crippen LogP contribution in [0.4, 0.5) is 5.13 Å². The van der Waals surface area contributed by atoms with Gasteiger partial charge in [-0.2, -0.15) is 0 Å². The molecule has 1 aromatic heterocycles. The number of amides is 1. The van der Waals surface area contributed by atoms with E-state index >= 15 is 0 Å². The van der Waals surface area contributed by atoms with Gasteiger partial charge < -0.3 is 9.47 Å². The lowest BCUT2D eigenvalue weighted by Gasteiger charge is -2.03. The average Bonchev–Trinajstić information content (AvgIpc) is 3.02. The SMILES string of the molecule is CCOc1ccc2nc(NC(=O)/C=C/c3ccc(OC)c(Br)c3)sc2c1. The first kappa shape index (κ1) is 18.4. The Morgan fingerprint density at radius 1 is 1.31 bits per heavy atom. The van der Waals surface area contributed by atoms with Crippen molar-refractivity contribution in [2.24, 2.45) is 0 Å². The van der Waals surface area contributed by atoms with Crippen molar-refractivity contribution in [1.82, 2.24) is 4.98 Å². The van der Waals surface area contributed by atoms with E-state index in [1.165, 1.54) is 17.4 Å². The van der Waals surface area contributed by atoms with Crippen LogP contribution in [-0.2, 0) is 4.79 Å². The second kappa shape index (κ2) is 8.33. The van der Waals surface area contributed by atoms with Gasteiger partial charge in [-0.25, -0.2) is 4.98 Å². The van der Waals surface area contributed by atoms with E-state index in [4.69, 9.17) is 9.47 Å². The Morgan fingerprint density at radius 3 is 2.88 bits per heavy atom. The number of carbonyl (C=O) groups excluding carboxylic acids is 1. The standard InChI is InChI=1S/C19H17BrN2O3S/c1-3-25-13-6-7-15-17(11-13)26-19(21-15)22-18(23)9-5-12-4-8-16(24-2)14(20)10-12/h4-11H,3H2,1-2H3,(H,21,22,23)/b9-5+. The van der Waals surface area contributed by atoms with Gasteiger partial charge in [0, 0.05) is 6.08 Å². The number of halogens is 1. The van der Waals surface area contributed by atoms with Gasteiger partial charge in [-0.3, -0.25) is 10.1 Å². The zero-order chi connectivity index (χ0) is 18.5. The minimum absolute atomic E-state index is 0.235. The smallest absolute Gasteiger partial charge is 0.250 e. The third kappa shape index (κ3) is 4.42. The third-order valence-corrected chi connectivity index (χ3v) is 5.06. The molecule has 0 aliphatic rings. The largest absolute Gasteiger partial charge is 0.496 e. The molecule has 3 aromatic rings. The fourth-order valence-corrected chi connectivity index (χ4v) is 3.78. The minimum atomic E-state index is -0.235. The molecule has 1 N–H and O–H groups in total. The Labute approximate surface area is 163 Å². The molecule has 7 heteroatoms. The Balaban J connectivity index is 1.69. The lowest BCUT2D eigenvalue weighted by Crippen LogP contribution is -2.07. The highest BCUT2D eigenvalue weighted by Gasteiger charge is 2.07. The van der Waals surface area contributed by atoms with Gasteiger partial charge in [-0.05, 0) is 64.8 Å². The Hall–Kier alpha value is -2.38. The number of carbonyl (C=O) groups is 1. The molecule has 26 heavy (non-hydrogen) atoms. The van der Waals surface area contributed by atoms with Crippen molar-refractivity contribution in [2.45, 2.75) is 6.92 Å². The quantitative estimate of drug-likeness (QED) is 0.549. The fourth-order valence-electron chi connectivity index (χ4n) is 2.32. The highest BCUT2D eigenvalue weighted by Crippen LogP contribution is 2.29. The zero-order valence-electron chi connectivity index (χ0n) is 14.3. The lowest BCUT2D eigenvalue weighted by atomic mass is 10.2. The van der Waals surface area contributed by atoms with Crippen LogP contribution < -0.4 is 14.8 Å².